The van der Waals surface area contributed by atoms with Crippen molar-refractivity contribution in [1.29, 1.82) is 0 Å². The summed E-state index contributed by atoms with van der Waals surface area (Å²) in [7, 11) is 1.89. The van der Waals surface area contributed by atoms with Gasteiger partial charge in [-0.15, -0.1) is 11.3 Å². The van der Waals surface area contributed by atoms with Gasteiger partial charge >= 0.3 is 0 Å². The van der Waals surface area contributed by atoms with Gasteiger partial charge in [-0.3, -0.25) is 9.69 Å². The Kier molecular flexibility index (Phi) is 4.96. The van der Waals surface area contributed by atoms with Gasteiger partial charge in [-0.25, -0.2) is 0 Å². The number of piperidine rings is 1. The van der Waals surface area contributed by atoms with E-state index in [4.69, 9.17) is 5.73 Å². The lowest BCUT2D eigenvalue weighted by molar-refractivity contribution is -0.131. The van der Waals surface area contributed by atoms with Crippen molar-refractivity contribution >= 4 is 17.2 Å². The number of carbonyl (C=O) groups is 1. The van der Waals surface area contributed by atoms with Crippen LogP contribution < -0.4 is 5.73 Å². The van der Waals surface area contributed by atoms with Crippen LogP contribution in [0.1, 0.15) is 23.3 Å². The molecule has 1 aliphatic heterocycles. The Morgan fingerprint density at radius 2 is 2.21 bits per heavy atom. The maximum Gasteiger partial charge on any atom is 0.236 e. The Balaban J connectivity index is 1.81. The molecule has 4 nitrogen and oxygen atoms in total. The minimum atomic E-state index is 0.197. The van der Waals surface area contributed by atoms with E-state index in [1.807, 2.05) is 11.9 Å². The van der Waals surface area contributed by atoms with Crippen LogP contribution in [-0.4, -0.2) is 48.4 Å². The third kappa shape index (κ3) is 4.03. The van der Waals surface area contributed by atoms with Crippen LogP contribution in [0.2, 0.25) is 0 Å². The van der Waals surface area contributed by atoms with E-state index >= 15 is 0 Å². The van der Waals surface area contributed by atoms with Crippen LogP contribution in [0.4, 0.5) is 0 Å². The van der Waals surface area contributed by atoms with E-state index in [9.17, 15) is 4.79 Å². The summed E-state index contributed by atoms with van der Waals surface area (Å²) in [5.41, 5.74) is 7.15. The first-order valence-corrected chi connectivity index (χ1v) is 7.69. The van der Waals surface area contributed by atoms with Gasteiger partial charge in [-0.2, -0.15) is 0 Å². The smallest absolute Gasteiger partial charge is 0.236 e. The lowest BCUT2D eigenvalue weighted by atomic mass is 10.1. The molecule has 1 amide bonds. The van der Waals surface area contributed by atoms with E-state index in [1.165, 1.54) is 10.4 Å². The molecular formula is C14H23N3OS. The van der Waals surface area contributed by atoms with Crippen molar-refractivity contribution in [3.8, 4) is 0 Å². The predicted molar refractivity (Wildman–Crippen MR) is 79.2 cm³/mol. The standard InChI is InChI=1S/C14H23N3OS/c1-11-5-8-19-13(11)9-16(2)14(18)10-17-6-3-12(15)4-7-17/h5,8,12H,3-4,6-7,9-10,15H2,1-2H3. The van der Waals surface area contributed by atoms with Crippen molar-refractivity contribution < 1.29 is 4.79 Å². The van der Waals surface area contributed by atoms with Gasteiger partial charge in [-0.05, 0) is 36.8 Å². The lowest BCUT2D eigenvalue weighted by Gasteiger charge is -2.30. The third-order valence-electron chi connectivity index (χ3n) is 3.77. The lowest BCUT2D eigenvalue weighted by Crippen LogP contribution is -2.44. The SMILES string of the molecule is Cc1ccsc1CN(C)C(=O)CN1CCC(N)CC1. The van der Waals surface area contributed by atoms with Crippen molar-refractivity contribution in [1.82, 2.24) is 9.80 Å². The molecule has 0 aromatic carbocycles. The first-order chi connectivity index (χ1) is 9.06. The van der Waals surface area contributed by atoms with Gasteiger partial charge in [0.05, 0.1) is 13.1 Å². The molecule has 5 heteroatoms. The summed E-state index contributed by atoms with van der Waals surface area (Å²) in [6.07, 6.45) is 2.00. The van der Waals surface area contributed by atoms with Crippen molar-refractivity contribution in [3.63, 3.8) is 0 Å². The summed E-state index contributed by atoms with van der Waals surface area (Å²) in [5, 5.41) is 2.08. The zero-order valence-electron chi connectivity index (χ0n) is 11.8. The van der Waals surface area contributed by atoms with Crippen LogP contribution in [0.5, 0.6) is 0 Å². The van der Waals surface area contributed by atoms with Crippen LogP contribution in [-0.2, 0) is 11.3 Å². The molecule has 1 fully saturated rings. The van der Waals surface area contributed by atoms with Crippen LogP contribution in [0.25, 0.3) is 0 Å². The van der Waals surface area contributed by atoms with E-state index in [0.29, 0.717) is 12.6 Å². The third-order valence-corrected chi connectivity index (χ3v) is 4.77. The zero-order chi connectivity index (χ0) is 13.8. The van der Waals surface area contributed by atoms with Gasteiger partial charge in [0.15, 0.2) is 0 Å². The number of nitrogens with two attached hydrogens (primary N) is 1. The topological polar surface area (TPSA) is 49.6 Å². The molecule has 19 heavy (non-hydrogen) atoms. The minimum Gasteiger partial charge on any atom is -0.339 e. The van der Waals surface area contributed by atoms with Gasteiger partial charge in [0, 0.05) is 31.1 Å². The molecule has 0 aliphatic carbocycles. The summed E-state index contributed by atoms with van der Waals surface area (Å²) in [6, 6.07) is 2.42. The summed E-state index contributed by atoms with van der Waals surface area (Å²) in [4.78, 5) is 17.5. The second-order valence-electron chi connectivity index (χ2n) is 5.39. The number of likely N-dealkylation sites (tertiary alicyclic amines) is 1. The normalized spacial score (nSPS) is 17.6. The van der Waals surface area contributed by atoms with E-state index in [-0.39, 0.29) is 5.91 Å². The molecule has 1 aliphatic rings. The Hall–Kier alpha value is -0.910. The van der Waals surface area contributed by atoms with Crippen molar-refractivity contribution in [2.45, 2.75) is 32.4 Å². The second kappa shape index (κ2) is 6.50. The molecule has 1 saturated heterocycles. The average molecular weight is 281 g/mol. The Bertz CT molecular complexity index is 424. The van der Waals surface area contributed by atoms with Crippen molar-refractivity contribution in [2.75, 3.05) is 26.7 Å². The second-order valence-corrected chi connectivity index (χ2v) is 6.39. The quantitative estimate of drug-likeness (QED) is 0.908. The van der Waals surface area contributed by atoms with Crippen LogP contribution in [0.15, 0.2) is 11.4 Å². The van der Waals surface area contributed by atoms with Crippen LogP contribution >= 0.6 is 11.3 Å². The molecule has 106 valence electrons. The molecule has 0 spiro atoms. The fourth-order valence-corrected chi connectivity index (χ4v) is 3.25. The molecule has 0 saturated carbocycles. The minimum absolute atomic E-state index is 0.197. The number of amides is 1. The van der Waals surface area contributed by atoms with Crippen LogP contribution in [0, 0.1) is 6.92 Å². The highest BCUT2D eigenvalue weighted by Gasteiger charge is 2.20. The monoisotopic (exact) mass is 281 g/mol. The Labute approximate surface area is 119 Å². The van der Waals surface area contributed by atoms with E-state index in [0.717, 1.165) is 32.5 Å². The maximum atomic E-state index is 12.2. The first kappa shape index (κ1) is 14.5. The average Bonchev–Trinajstić information content (AvgIpc) is 2.78. The largest absolute Gasteiger partial charge is 0.339 e. The molecule has 2 rings (SSSR count). The first-order valence-electron chi connectivity index (χ1n) is 6.81. The highest BCUT2D eigenvalue weighted by molar-refractivity contribution is 7.10. The molecule has 0 bridgehead atoms. The van der Waals surface area contributed by atoms with Crippen LogP contribution in [0.3, 0.4) is 0 Å². The van der Waals surface area contributed by atoms with Crippen molar-refractivity contribution in [2.24, 2.45) is 5.73 Å². The number of hydrogen-bond acceptors (Lipinski definition) is 4. The molecule has 2 heterocycles. The predicted octanol–water partition coefficient (Wildman–Crippen LogP) is 1.44. The molecule has 1 aromatic heterocycles. The van der Waals surface area contributed by atoms with E-state index in [1.54, 1.807) is 11.3 Å². The fourth-order valence-electron chi connectivity index (χ4n) is 2.29. The molecule has 2 N–H and O–H groups in total. The maximum absolute atomic E-state index is 12.2. The molecule has 1 aromatic rings. The number of aryl methyl sites for hydroxylation is 1. The number of thiophene rings is 1. The summed E-state index contributed by atoms with van der Waals surface area (Å²) < 4.78 is 0. The molecule has 0 unspecified atom stereocenters. The highest BCUT2D eigenvalue weighted by atomic mass is 32.1. The fraction of sp³-hybridized carbons (Fsp3) is 0.643. The van der Waals surface area contributed by atoms with E-state index < -0.39 is 0 Å². The number of nitrogens with zero attached hydrogens (tertiary/aromatic N) is 2. The van der Waals surface area contributed by atoms with Gasteiger partial charge in [0.1, 0.15) is 0 Å². The summed E-state index contributed by atoms with van der Waals surface area (Å²) in [5.74, 6) is 0.197. The number of carbonyl (C=O) groups excluding carboxylic acids is 1. The van der Waals surface area contributed by atoms with E-state index in [2.05, 4.69) is 23.3 Å². The van der Waals surface area contributed by atoms with Gasteiger partial charge in [-0.1, -0.05) is 0 Å². The number of hydrogen-bond donors (Lipinski definition) is 1. The molecule has 0 atom stereocenters. The Morgan fingerprint density at radius 1 is 1.53 bits per heavy atom. The summed E-state index contributed by atoms with van der Waals surface area (Å²) in [6.45, 7) is 5.22. The number of rotatable bonds is 4. The molecular weight excluding hydrogens is 258 g/mol. The highest BCUT2D eigenvalue weighted by Crippen LogP contribution is 2.17. The Morgan fingerprint density at radius 3 is 2.79 bits per heavy atom. The van der Waals surface area contributed by atoms with Gasteiger partial charge in [0.25, 0.3) is 0 Å². The van der Waals surface area contributed by atoms with Crippen molar-refractivity contribution in [3.05, 3.63) is 21.9 Å². The van der Waals surface area contributed by atoms with Gasteiger partial charge < -0.3 is 10.6 Å². The summed E-state index contributed by atoms with van der Waals surface area (Å²) >= 11 is 1.72. The van der Waals surface area contributed by atoms with Gasteiger partial charge in [0.2, 0.25) is 5.91 Å². The molecule has 0 radical (unpaired) electrons. The zero-order valence-corrected chi connectivity index (χ0v) is 12.6. The number of likely N-dealkylation sites (N-methyl/N-ethyl adjacent to an activating group) is 1.